The number of pyridine rings is 1. The van der Waals surface area contributed by atoms with Crippen molar-refractivity contribution in [1.29, 1.82) is 0 Å². The molecule has 34 heavy (non-hydrogen) atoms. The second kappa shape index (κ2) is 8.19. The number of hydrogen-bond acceptors (Lipinski definition) is 3. The monoisotopic (exact) mass is 455 g/mol. The van der Waals surface area contributed by atoms with Crippen molar-refractivity contribution in [3.05, 3.63) is 111 Å². The maximum Gasteiger partial charge on any atom is 0.258 e. The molecule has 5 aromatic rings. The summed E-state index contributed by atoms with van der Waals surface area (Å²) in [6.07, 6.45) is -0.0835. The summed E-state index contributed by atoms with van der Waals surface area (Å²) in [5.74, 6) is -2.08. The van der Waals surface area contributed by atoms with E-state index in [4.69, 9.17) is 5.73 Å². The molecule has 0 spiro atoms. The van der Waals surface area contributed by atoms with E-state index in [1.807, 2.05) is 24.3 Å². The molecule has 1 unspecified atom stereocenters. The van der Waals surface area contributed by atoms with Crippen LogP contribution in [0, 0.1) is 5.82 Å². The number of amides is 1. The topological polar surface area (TPSA) is 101 Å². The van der Waals surface area contributed by atoms with Gasteiger partial charge in [-0.05, 0) is 41.5 Å². The number of aromatic amines is 1. The van der Waals surface area contributed by atoms with E-state index in [0.29, 0.717) is 27.7 Å². The van der Waals surface area contributed by atoms with E-state index in [-0.39, 0.29) is 17.7 Å². The lowest BCUT2D eigenvalue weighted by molar-refractivity contribution is -0.117. The van der Waals surface area contributed by atoms with Gasteiger partial charge in [-0.3, -0.25) is 9.59 Å². The summed E-state index contributed by atoms with van der Waals surface area (Å²) in [5, 5.41) is 12.6. The van der Waals surface area contributed by atoms with Gasteiger partial charge in [0.25, 0.3) is 5.56 Å². The molecule has 0 aliphatic rings. The number of H-pyrrole nitrogens is 1. The molecular formula is C27H22FN3O3. The minimum atomic E-state index is -0.874. The summed E-state index contributed by atoms with van der Waals surface area (Å²) >= 11 is 0. The number of halogens is 1. The van der Waals surface area contributed by atoms with Crippen molar-refractivity contribution < 1.29 is 14.3 Å². The molecule has 0 fully saturated rings. The number of para-hydroxylation sites is 2. The number of primary amides is 1. The summed E-state index contributed by atoms with van der Waals surface area (Å²) in [4.78, 5) is 29.0. The Balaban J connectivity index is 1.91. The van der Waals surface area contributed by atoms with Crippen molar-refractivity contribution in [3.8, 4) is 5.75 Å². The Morgan fingerprint density at radius 1 is 1.06 bits per heavy atom. The van der Waals surface area contributed by atoms with Crippen LogP contribution >= 0.6 is 0 Å². The number of benzene rings is 3. The first-order valence-electron chi connectivity index (χ1n) is 10.8. The number of nitrogens with one attached hydrogen (secondary N) is 1. The van der Waals surface area contributed by atoms with Crippen molar-refractivity contribution in [3.63, 3.8) is 0 Å². The van der Waals surface area contributed by atoms with Crippen LogP contribution in [0.25, 0.3) is 21.8 Å². The minimum absolute atomic E-state index is 0.0835. The molecule has 4 N–H and O–H groups in total. The Hall–Kier alpha value is -4.39. The fourth-order valence-corrected chi connectivity index (χ4v) is 4.76. The highest BCUT2D eigenvalue weighted by molar-refractivity contribution is 5.91. The van der Waals surface area contributed by atoms with Crippen LogP contribution in [0.15, 0.2) is 77.6 Å². The van der Waals surface area contributed by atoms with Crippen LogP contribution in [-0.2, 0) is 18.3 Å². The average molecular weight is 455 g/mol. The summed E-state index contributed by atoms with van der Waals surface area (Å²) in [6.45, 7) is 0. The average Bonchev–Trinajstić information content (AvgIpc) is 3.17. The van der Waals surface area contributed by atoms with Gasteiger partial charge in [-0.25, -0.2) is 4.39 Å². The smallest absolute Gasteiger partial charge is 0.258 e. The van der Waals surface area contributed by atoms with Gasteiger partial charge in [-0.15, -0.1) is 0 Å². The molecule has 0 aliphatic heterocycles. The van der Waals surface area contributed by atoms with Crippen LogP contribution in [-0.4, -0.2) is 20.6 Å². The van der Waals surface area contributed by atoms with E-state index in [1.165, 1.54) is 16.7 Å². The van der Waals surface area contributed by atoms with E-state index in [0.717, 1.165) is 10.9 Å². The Labute approximate surface area is 194 Å². The number of hydrogen-bond donors (Lipinski definition) is 3. The van der Waals surface area contributed by atoms with Crippen molar-refractivity contribution in [2.24, 2.45) is 12.8 Å². The molecule has 2 heterocycles. The van der Waals surface area contributed by atoms with Gasteiger partial charge >= 0.3 is 0 Å². The van der Waals surface area contributed by atoms with Gasteiger partial charge < -0.3 is 20.4 Å². The van der Waals surface area contributed by atoms with E-state index in [9.17, 15) is 19.1 Å². The highest BCUT2D eigenvalue weighted by atomic mass is 19.1. The highest BCUT2D eigenvalue weighted by Gasteiger charge is 2.30. The predicted octanol–water partition coefficient (Wildman–Crippen LogP) is 4.07. The predicted molar refractivity (Wildman–Crippen MR) is 129 cm³/mol. The zero-order valence-electron chi connectivity index (χ0n) is 18.4. The lowest BCUT2D eigenvalue weighted by Gasteiger charge is -2.21. The minimum Gasteiger partial charge on any atom is -0.507 e. The highest BCUT2D eigenvalue weighted by Crippen LogP contribution is 2.41. The molecule has 170 valence electrons. The van der Waals surface area contributed by atoms with Gasteiger partial charge in [0, 0.05) is 29.0 Å². The third kappa shape index (κ3) is 3.42. The number of nitrogens with zero attached hydrogens (tertiary/aromatic N) is 1. The van der Waals surface area contributed by atoms with Crippen molar-refractivity contribution in [2.45, 2.75) is 12.3 Å². The van der Waals surface area contributed by atoms with Gasteiger partial charge in [0.05, 0.1) is 23.4 Å². The largest absolute Gasteiger partial charge is 0.507 e. The first kappa shape index (κ1) is 21.5. The molecule has 0 saturated carbocycles. The quantitative estimate of drug-likeness (QED) is 0.372. The maximum atomic E-state index is 14.4. The first-order valence-corrected chi connectivity index (χ1v) is 10.8. The Morgan fingerprint density at radius 3 is 2.50 bits per heavy atom. The third-order valence-corrected chi connectivity index (χ3v) is 6.27. The summed E-state index contributed by atoms with van der Waals surface area (Å²) in [5.41, 5.74) is 8.12. The van der Waals surface area contributed by atoms with Crippen LogP contribution in [0.1, 0.15) is 28.3 Å². The lowest BCUT2D eigenvalue weighted by atomic mass is 9.85. The Bertz CT molecular complexity index is 1630. The van der Waals surface area contributed by atoms with Gasteiger partial charge in [-0.2, -0.15) is 0 Å². The molecule has 0 bridgehead atoms. The van der Waals surface area contributed by atoms with E-state index in [2.05, 4.69) is 4.98 Å². The zero-order valence-corrected chi connectivity index (χ0v) is 18.4. The number of carbonyl (C=O) groups is 1. The van der Waals surface area contributed by atoms with Crippen LogP contribution < -0.4 is 11.3 Å². The lowest BCUT2D eigenvalue weighted by Crippen LogP contribution is -2.26. The molecule has 1 atom stereocenters. The molecule has 5 rings (SSSR count). The van der Waals surface area contributed by atoms with Gasteiger partial charge in [0.2, 0.25) is 5.91 Å². The van der Waals surface area contributed by atoms with Gasteiger partial charge in [-0.1, -0.05) is 42.5 Å². The van der Waals surface area contributed by atoms with Crippen LogP contribution in [0.4, 0.5) is 4.39 Å². The van der Waals surface area contributed by atoms with Gasteiger partial charge in [0.1, 0.15) is 11.6 Å². The molecular weight excluding hydrogens is 433 g/mol. The maximum absolute atomic E-state index is 14.4. The number of aromatic hydroxyl groups is 1. The summed E-state index contributed by atoms with van der Waals surface area (Å²) < 4.78 is 15.8. The molecule has 3 aromatic carbocycles. The van der Waals surface area contributed by atoms with E-state index >= 15 is 0 Å². The number of nitrogens with two attached hydrogens (primary N) is 1. The van der Waals surface area contributed by atoms with Crippen molar-refractivity contribution >= 4 is 27.7 Å². The summed E-state index contributed by atoms with van der Waals surface area (Å²) in [6, 6.07) is 20.3. The normalized spacial score (nSPS) is 12.3. The van der Waals surface area contributed by atoms with Crippen LogP contribution in [0.5, 0.6) is 5.75 Å². The third-order valence-electron chi connectivity index (χ3n) is 6.27. The number of aromatic nitrogens is 2. The second-order valence-electron chi connectivity index (χ2n) is 8.34. The standard InChI is InChI=1S/C27H22FN3O3/c1-31-21-12-5-3-10-18(21)26(33)24(27(31)34)23(15-7-6-8-16(28)13-15)25-19(14-22(29)32)17-9-2-4-11-20(17)30-25/h2-13,23,30,33H,14H2,1H3,(H2,29,32). The second-order valence-corrected chi connectivity index (χ2v) is 8.34. The number of aryl methyl sites for hydroxylation is 1. The Morgan fingerprint density at radius 2 is 1.76 bits per heavy atom. The van der Waals surface area contributed by atoms with Crippen LogP contribution in [0.3, 0.4) is 0 Å². The first-order chi connectivity index (χ1) is 16.4. The van der Waals surface area contributed by atoms with Crippen molar-refractivity contribution in [2.75, 3.05) is 0 Å². The molecule has 6 nitrogen and oxygen atoms in total. The number of rotatable bonds is 5. The SMILES string of the molecule is Cn1c(=O)c(C(c2cccc(F)c2)c2[nH]c3ccccc3c2CC(N)=O)c(O)c2ccccc21. The fourth-order valence-electron chi connectivity index (χ4n) is 4.76. The molecule has 0 saturated heterocycles. The van der Waals surface area contributed by atoms with E-state index in [1.54, 1.807) is 43.4 Å². The number of carbonyl (C=O) groups excluding carboxylic acids is 1. The van der Waals surface area contributed by atoms with Gasteiger partial charge in [0.15, 0.2) is 0 Å². The van der Waals surface area contributed by atoms with E-state index < -0.39 is 23.2 Å². The molecule has 1 amide bonds. The van der Waals surface area contributed by atoms with Crippen LogP contribution in [0.2, 0.25) is 0 Å². The molecule has 0 radical (unpaired) electrons. The molecule has 7 heteroatoms. The summed E-state index contributed by atoms with van der Waals surface area (Å²) in [7, 11) is 1.63. The fraction of sp³-hybridized carbons (Fsp3) is 0.111. The Kier molecular flexibility index (Phi) is 5.17. The molecule has 0 aliphatic carbocycles. The molecule has 2 aromatic heterocycles. The number of fused-ring (bicyclic) bond motifs is 2. The van der Waals surface area contributed by atoms with Crippen molar-refractivity contribution in [1.82, 2.24) is 9.55 Å². The zero-order chi connectivity index (χ0) is 24.0.